The van der Waals surface area contributed by atoms with Crippen LogP contribution in [0.25, 0.3) is 0 Å². The number of carbonyl (C=O) groups excluding carboxylic acids is 1. The molecule has 3 rings (SSSR count). The van der Waals surface area contributed by atoms with E-state index in [0.717, 1.165) is 6.07 Å². The number of anilines is 1. The minimum absolute atomic E-state index is 0.133. The first-order valence-corrected chi connectivity index (χ1v) is 8.77. The van der Waals surface area contributed by atoms with Crippen molar-refractivity contribution in [1.29, 1.82) is 0 Å². The van der Waals surface area contributed by atoms with E-state index in [-0.39, 0.29) is 10.7 Å². The molecular weight excluding hydrogens is 456 g/mol. The molecule has 0 saturated carbocycles. The molecule has 3 heterocycles. The zero-order chi connectivity index (χ0) is 23.0. The van der Waals surface area contributed by atoms with Crippen LogP contribution in [0.1, 0.15) is 22.6 Å². The lowest BCUT2D eigenvalue weighted by Crippen LogP contribution is -2.50. The number of aliphatic imine (C=N–C) groups is 1. The maximum absolute atomic E-state index is 14.4. The average molecular weight is 468 g/mol. The van der Waals surface area contributed by atoms with E-state index >= 15 is 0 Å². The van der Waals surface area contributed by atoms with Crippen LogP contribution < -0.4 is 11.1 Å². The molecule has 166 valence electrons. The third-order valence-corrected chi connectivity index (χ3v) is 4.48. The van der Waals surface area contributed by atoms with E-state index in [1.54, 1.807) is 0 Å². The number of nitrogens with two attached hydrogens (primary N) is 1. The van der Waals surface area contributed by atoms with E-state index in [2.05, 4.69) is 25.0 Å². The Bertz CT molecular complexity index is 1020. The van der Waals surface area contributed by atoms with Gasteiger partial charge in [-0.05, 0) is 24.3 Å². The summed E-state index contributed by atoms with van der Waals surface area (Å²) in [6.45, 7) is 0. The van der Waals surface area contributed by atoms with E-state index in [4.69, 9.17) is 17.3 Å². The molecule has 7 nitrogen and oxygen atoms in total. The van der Waals surface area contributed by atoms with Crippen LogP contribution in [0, 0.1) is 5.82 Å². The van der Waals surface area contributed by atoms with Crippen LogP contribution in [-0.2, 0) is 10.3 Å². The Morgan fingerprint density at radius 1 is 1.29 bits per heavy atom. The number of aromatic nitrogens is 2. The fraction of sp³-hybridized carbons (Fsp3) is 0.294. The highest BCUT2D eigenvalue weighted by Gasteiger charge is 2.56. The summed E-state index contributed by atoms with van der Waals surface area (Å²) >= 11 is 5.67. The number of ether oxygens (including phenoxy) is 1. The van der Waals surface area contributed by atoms with E-state index in [9.17, 15) is 31.1 Å². The second-order valence-corrected chi connectivity index (χ2v) is 6.81. The Labute approximate surface area is 175 Å². The summed E-state index contributed by atoms with van der Waals surface area (Å²) in [5.74, 6) is -2.65. The highest BCUT2D eigenvalue weighted by molar-refractivity contribution is 6.30. The van der Waals surface area contributed by atoms with Crippen molar-refractivity contribution in [2.75, 3.05) is 5.32 Å². The molecule has 2 aromatic rings. The van der Waals surface area contributed by atoms with Crippen molar-refractivity contribution in [2.45, 2.75) is 30.7 Å². The van der Waals surface area contributed by atoms with Gasteiger partial charge in [0.2, 0.25) is 0 Å². The lowest BCUT2D eigenvalue weighted by Gasteiger charge is -2.37. The number of nitrogens with one attached hydrogen (secondary N) is 1. The summed E-state index contributed by atoms with van der Waals surface area (Å²) < 4.78 is 86.1. The van der Waals surface area contributed by atoms with Crippen LogP contribution in [0.2, 0.25) is 5.02 Å². The molecule has 0 fully saturated rings. The molecular formula is C17H12ClF6N5O2. The van der Waals surface area contributed by atoms with Gasteiger partial charge in [-0.25, -0.2) is 28.1 Å². The van der Waals surface area contributed by atoms with Crippen molar-refractivity contribution < 1.29 is 35.9 Å². The zero-order valence-electron chi connectivity index (χ0n) is 15.1. The molecule has 0 spiro atoms. The third-order valence-electron chi connectivity index (χ3n) is 4.25. The molecule has 1 aliphatic rings. The number of amides is 1. The van der Waals surface area contributed by atoms with Crippen LogP contribution in [0.3, 0.4) is 0 Å². The topological polar surface area (TPSA) is 102 Å². The number of alkyl halides is 5. The molecule has 1 amide bonds. The summed E-state index contributed by atoms with van der Waals surface area (Å²) in [6.07, 6.45) is -11.8. The highest BCUT2D eigenvalue weighted by atomic mass is 35.5. The van der Waals surface area contributed by atoms with Crippen LogP contribution in [0.5, 0.6) is 0 Å². The van der Waals surface area contributed by atoms with Gasteiger partial charge in [-0.2, -0.15) is 13.2 Å². The molecule has 0 saturated heterocycles. The first kappa shape index (κ1) is 22.6. The van der Waals surface area contributed by atoms with E-state index < -0.39 is 59.9 Å². The van der Waals surface area contributed by atoms with Gasteiger partial charge < -0.3 is 15.8 Å². The zero-order valence-corrected chi connectivity index (χ0v) is 15.9. The highest BCUT2D eigenvalue weighted by Crippen LogP contribution is 2.44. The van der Waals surface area contributed by atoms with E-state index in [0.29, 0.717) is 6.07 Å². The average Bonchev–Trinajstić information content (AvgIpc) is 2.68. The van der Waals surface area contributed by atoms with E-state index in [1.165, 1.54) is 18.3 Å². The molecule has 2 atom stereocenters. The SMILES string of the molecule is NC1=NC(c2nc(NC(=O)c3ccc(Cl)cn3)ccc2F)(C(F)F)CC(C(F)(F)F)O1. The van der Waals surface area contributed by atoms with Gasteiger partial charge in [0.1, 0.15) is 23.0 Å². The monoisotopic (exact) mass is 467 g/mol. The number of hydrogen-bond acceptors (Lipinski definition) is 6. The number of pyridine rings is 2. The number of rotatable bonds is 4. The van der Waals surface area contributed by atoms with Crippen molar-refractivity contribution in [2.24, 2.45) is 10.7 Å². The van der Waals surface area contributed by atoms with Crippen molar-refractivity contribution in [1.82, 2.24) is 9.97 Å². The van der Waals surface area contributed by atoms with Gasteiger partial charge in [-0.3, -0.25) is 4.79 Å². The summed E-state index contributed by atoms with van der Waals surface area (Å²) in [5.41, 5.74) is 0.826. The first-order chi connectivity index (χ1) is 14.4. The summed E-state index contributed by atoms with van der Waals surface area (Å²) in [5, 5.41) is 2.44. The van der Waals surface area contributed by atoms with Gasteiger partial charge in [-0.1, -0.05) is 11.6 Å². The third kappa shape index (κ3) is 4.65. The van der Waals surface area contributed by atoms with Crippen molar-refractivity contribution >= 4 is 29.3 Å². The van der Waals surface area contributed by atoms with Gasteiger partial charge >= 0.3 is 6.18 Å². The molecule has 0 aliphatic carbocycles. The van der Waals surface area contributed by atoms with Crippen molar-refractivity contribution in [3.8, 4) is 0 Å². The first-order valence-electron chi connectivity index (χ1n) is 8.39. The largest absolute Gasteiger partial charge is 0.452 e. The molecule has 2 aromatic heterocycles. The molecule has 14 heteroatoms. The van der Waals surface area contributed by atoms with Crippen LogP contribution >= 0.6 is 11.6 Å². The molecule has 0 bridgehead atoms. The second-order valence-electron chi connectivity index (χ2n) is 6.37. The van der Waals surface area contributed by atoms with Crippen LogP contribution in [0.15, 0.2) is 35.5 Å². The van der Waals surface area contributed by atoms with Crippen molar-refractivity contribution in [3.63, 3.8) is 0 Å². The molecule has 0 radical (unpaired) electrons. The van der Waals surface area contributed by atoms with Gasteiger partial charge in [0.15, 0.2) is 11.6 Å². The van der Waals surface area contributed by atoms with Gasteiger partial charge in [0, 0.05) is 12.6 Å². The Morgan fingerprint density at radius 3 is 2.58 bits per heavy atom. The predicted molar refractivity (Wildman–Crippen MR) is 96.2 cm³/mol. The lowest BCUT2D eigenvalue weighted by atomic mass is 9.87. The maximum atomic E-state index is 14.4. The summed E-state index contributed by atoms with van der Waals surface area (Å²) in [4.78, 5) is 22.9. The molecule has 0 aromatic carbocycles. The Balaban J connectivity index is 2.01. The van der Waals surface area contributed by atoms with E-state index in [1.807, 2.05) is 0 Å². The Morgan fingerprint density at radius 2 is 2.00 bits per heavy atom. The van der Waals surface area contributed by atoms with Gasteiger partial charge in [0.25, 0.3) is 18.4 Å². The molecule has 31 heavy (non-hydrogen) atoms. The second kappa shape index (κ2) is 8.21. The maximum Gasteiger partial charge on any atom is 0.425 e. The Kier molecular flexibility index (Phi) is 5.98. The molecule has 3 N–H and O–H groups in total. The normalized spacial score (nSPS) is 21.4. The molecule has 2 unspecified atom stereocenters. The lowest BCUT2D eigenvalue weighted by molar-refractivity contribution is -0.213. The fourth-order valence-electron chi connectivity index (χ4n) is 2.82. The number of carbonyl (C=O) groups is 1. The smallest absolute Gasteiger partial charge is 0.425 e. The fourth-order valence-corrected chi connectivity index (χ4v) is 2.93. The number of hydrogen-bond donors (Lipinski definition) is 2. The quantitative estimate of drug-likeness (QED) is 0.668. The summed E-state index contributed by atoms with van der Waals surface area (Å²) in [7, 11) is 0. The Hall–Kier alpha value is -3.09. The predicted octanol–water partition coefficient (Wildman–Crippen LogP) is 3.65. The number of halogens is 7. The van der Waals surface area contributed by atoms with Gasteiger partial charge in [0.05, 0.1) is 5.02 Å². The van der Waals surface area contributed by atoms with Crippen LogP contribution in [-0.4, -0.2) is 40.6 Å². The van der Waals surface area contributed by atoms with Crippen LogP contribution in [0.4, 0.5) is 32.2 Å². The standard InChI is InChI=1S/C17H12ClF6N5O2/c18-7-1-3-9(26-6-7)13(30)28-11-4-2-8(19)12(27-11)16(14(20)21)5-10(17(22,23)24)31-15(25)29-16/h1-4,6,10,14H,5H2,(H2,25,29)(H,27,28,30). The molecule has 1 aliphatic heterocycles. The minimum Gasteiger partial charge on any atom is -0.452 e. The van der Waals surface area contributed by atoms with Crippen molar-refractivity contribution in [3.05, 3.63) is 52.7 Å². The minimum atomic E-state index is -5.08. The van der Waals surface area contributed by atoms with Gasteiger partial charge in [-0.15, -0.1) is 0 Å². The number of amidine groups is 1. The number of nitrogens with zero attached hydrogens (tertiary/aromatic N) is 3. The summed E-state index contributed by atoms with van der Waals surface area (Å²) in [6, 6.07) is 2.99.